The molecule has 10 heteroatoms. The first kappa shape index (κ1) is 23.8. The van der Waals surface area contributed by atoms with Gasteiger partial charge in [-0.3, -0.25) is 9.78 Å². The van der Waals surface area contributed by atoms with Crippen molar-refractivity contribution in [1.82, 2.24) is 9.88 Å². The van der Waals surface area contributed by atoms with E-state index in [2.05, 4.69) is 10.3 Å². The second-order valence-corrected chi connectivity index (χ2v) is 9.71. The Morgan fingerprint density at radius 2 is 1.70 bits per heavy atom. The lowest BCUT2D eigenvalue weighted by Gasteiger charge is -2.33. The predicted molar refractivity (Wildman–Crippen MR) is 117 cm³/mol. The number of amides is 1. The molecule has 178 valence electrons. The van der Waals surface area contributed by atoms with E-state index in [1.54, 1.807) is 11.8 Å². The molecule has 1 saturated heterocycles. The Morgan fingerprint density at radius 1 is 1.09 bits per heavy atom. The Balaban J connectivity index is 1.47. The Bertz CT molecular complexity index is 977. The first-order chi connectivity index (χ1) is 15.6. The average molecular weight is 486 g/mol. The number of nitrogens with one attached hydrogen (secondary N) is 1. The summed E-state index contributed by atoms with van der Waals surface area (Å²) in [5.41, 5.74) is 0.795. The highest BCUT2D eigenvalue weighted by atomic mass is 32.2. The summed E-state index contributed by atoms with van der Waals surface area (Å²) in [4.78, 5) is 17.5. The molecule has 2 aromatic rings. The molecule has 4 nitrogen and oxygen atoms in total. The van der Waals surface area contributed by atoms with Crippen molar-refractivity contribution in [3.05, 3.63) is 58.9 Å². The molecule has 0 bridgehead atoms. The second kappa shape index (κ2) is 9.48. The van der Waals surface area contributed by atoms with Gasteiger partial charge < -0.3 is 10.2 Å². The summed E-state index contributed by atoms with van der Waals surface area (Å²) < 4.78 is 69.7. The molecule has 1 N–H and O–H groups in total. The third-order valence-corrected chi connectivity index (χ3v) is 7.32. The summed E-state index contributed by atoms with van der Waals surface area (Å²) >= 11 is 1.70. The van der Waals surface area contributed by atoms with Crippen LogP contribution >= 0.6 is 11.8 Å². The van der Waals surface area contributed by atoms with Gasteiger partial charge in [0.1, 0.15) is 11.6 Å². The molecule has 1 aromatic heterocycles. The summed E-state index contributed by atoms with van der Waals surface area (Å²) in [5.74, 6) is -0.347. The monoisotopic (exact) mass is 485 g/mol. The van der Waals surface area contributed by atoms with Crippen molar-refractivity contribution in [3.63, 3.8) is 0 Å². The van der Waals surface area contributed by atoms with E-state index in [1.807, 2.05) is 0 Å². The number of hydrogen-bond donors (Lipinski definition) is 1. The van der Waals surface area contributed by atoms with Crippen LogP contribution in [0.25, 0.3) is 0 Å². The zero-order valence-electron chi connectivity index (χ0n) is 18.0. The molecule has 4 rings (SSSR count). The van der Waals surface area contributed by atoms with Gasteiger partial charge >= 0.3 is 6.18 Å². The van der Waals surface area contributed by atoms with Crippen LogP contribution in [-0.2, 0) is 17.6 Å². The largest absolute Gasteiger partial charge is 0.414 e. The summed E-state index contributed by atoms with van der Waals surface area (Å²) in [6, 6.07) is 2.43. The van der Waals surface area contributed by atoms with Gasteiger partial charge in [0.05, 0.1) is 17.6 Å². The van der Waals surface area contributed by atoms with Crippen LogP contribution in [0.15, 0.2) is 30.5 Å². The van der Waals surface area contributed by atoms with Crippen LogP contribution in [0.1, 0.15) is 35.7 Å². The predicted octanol–water partition coefficient (Wildman–Crippen LogP) is 5.14. The van der Waals surface area contributed by atoms with Crippen molar-refractivity contribution in [2.24, 2.45) is 5.92 Å². The van der Waals surface area contributed by atoms with Crippen molar-refractivity contribution in [2.45, 2.75) is 43.9 Å². The maximum atomic E-state index is 14.0. The highest BCUT2D eigenvalue weighted by molar-refractivity contribution is 7.99. The molecule has 1 aromatic carbocycles. The summed E-state index contributed by atoms with van der Waals surface area (Å²) in [6.45, 7) is 0. The van der Waals surface area contributed by atoms with Gasteiger partial charge in [-0.2, -0.15) is 24.9 Å². The number of carbonyl (C=O) groups is 1. The lowest BCUT2D eigenvalue weighted by atomic mass is 9.99. The van der Waals surface area contributed by atoms with E-state index in [4.69, 9.17) is 0 Å². The number of alkyl halides is 3. The van der Waals surface area contributed by atoms with Crippen LogP contribution < -0.4 is 5.32 Å². The van der Waals surface area contributed by atoms with Gasteiger partial charge in [-0.25, -0.2) is 8.78 Å². The molecule has 1 aliphatic heterocycles. The number of anilines is 1. The SMILES string of the molecule is CN(C(=O)C1CCSCC1)C(c1ccc(NC2Cc3c(F)ccc(F)c3C2)cn1)C(F)(F)F. The second-order valence-electron chi connectivity index (χ2n) is 8.49. The molecular weight excluding hydrogens is 461 g/mol. The molecule has 0 saturated carbocycles. The standard InChI is InChI=1S/C23H24F5N3OS/c1-31(22(32)13-6-8-33-9-7-13)21(23(26,27)28)20-5-2-14(12-29-20)30-15-10-16-17(11-15)19(25)4-3-18(16)24/h2-5,12-13,15,21,30H,6-11H2,1H3. The van der Waals surface area contributed by atoms with Crippen molar-refractivity contribution in [1.29, 1.82) is 0 Å². The van der Waals surface area contributed by atoms with E-state index in [0.717, 1.165) is 28.5 Å². The number of aromatic nitrogens is 1. The quantitative estimate of drug-likeness (QED) is 0.596. The van der Waals surface area contributed by atoms with E-state index in [0.29, 0.717) is 29.7 Å². The van der Waals surface area contributed by atoms with E-state index in [1.165, 1.54) is 25.4 Å². The van der Waals surface area contributed by atoms with Gasteiger partial charge in [0.15, 0.2) is 6.04 Å². The molecule has 1 amide bonds. The van der Waals surface area contributed by atoms with Gasteiger partial charge in [-0.15, -0.1) is 0 Å². The van der Waals surface area contributed by atoms with Crippen LogP contribution in [0.4, 0.5) is 27.6 Å². The lowest BCUT2D eigenvalue weighted by Crippen LogP contribution is -2.43. The molecule has 1 fully saturated rings. The number of carbonyl (C=O) groups excluding carboxylic acids is 1. The van der Waals surface area contributed by atoms with Crippen LogP contribution in [0.3, 0.4) is 0 Å². The molecule has 1 aliphatic carbocycles. The molecule has 1 unspecified atom stereocenters. The van der Waals surface area contributed by atoms with Crippen LogP contribution in [0, 0.1) is 17.6 Å². The molecule has 1 atom stereocenters. The zero-order valence-corrected chi connectivity index (χ0v) is 18.8. The Morgan fingerprint density at radius 3 is 2.21 bits per heavy atom. The fourth-order valence-electron chi connectivity index (χ4n) is 4.58. The third kappa shape index (κ3) is 5.10. The minimum Gasteiger partial charge on any atom is -0.380 e. The first-order valence-electron chi connectivity index (χ1n) is 10.7. The molecule has 2 heterocycles. The number of rotatable bonds is 5. The number of thioether (sulfide) groups is 1. The average Bonchev–Trinajstić information content (AvgIpc) is 3.22. The minimum absolute atomic E-state index is 0.267. The van der Waals surface area contributed by atoms with Crippen molar-refractivity contribution in [3.8, 4) is 0 Å². The highest BCUT2D eigenvalue weighted by Crippen LogP contribution is 2.38. The number of hydrogen-bond acceptors (Lipinski definition) is 4. The Kier molecular flexibility index (Phi) is 6.83. The van der Waals surface area contributed by atoms with Crippen molar-refractivity contribution in [2.75, 3.05) is 23.9 Å². The maximum absolute atomic E-state index is 14.0. The fraction of sp³-hybridized carbons (Fsp3) is 0.478. The normalized spacial score (nSPS) is 18.1. The molecule has 33 heavy (non-hydrogen) atoms. The number of pyridine rings is 1. The smallest absolute Gasteiger partial charge is 0.380 e. The van der Waals surface area contributed by atoms with Crippen molar-refractivity contribution >= 4 is 23.4 Å². The molecule has 0 radical (unpaired) electrons. The summed E-state index contributed by atoms with van der Waals surface area (Å²) in [7, 11) is 1.18. The lowest BCUT2D eigenvalue weighted by molar-refractivity contribution is -0.191. The van der Waals surface area contributed by atoms with Gasteiger partial charge in [0.2, 0.25) is 5.91 Å². The van der Waals surface area contributed by atoms with Gasteiger partial charge in [-0.05, 0) is 72.6 Å². The van der Waals surface area contributed by atoms with Gasteiger partial charge in [-0.1, -0.05) is 0 Å². The number of halogens is 5. The van der Waals surface area contributed by atoms with Crippen LogP contribution in [0.5, 0.6) is 0 Å². The van der Waals surface area contributed by atoms with E-state index >= 15 is 0 Å². The Labute approximate surface area is 192 Å². The van der Waals surface area contributed by atoms with Crippen LogP contribution in [0.2, 0.25) is 0 Å². The van der Waals surface area contributed by atoms with Crippen LogP contribution in [-0.4, -0.2) is 46.6 Å². The highest BCUT2D eigenvalue weighted by Gasteiger charge is 2.47. The van der Waals surface area contributed by atoms with Crippen molar-refractivity contribution < 1.29 is 26.7 Å². The van der Waals surface area contributed by atoms with E-state index < -0.39 is 35.7 Å². The van der Waals surface area contributed by atoms with Gasteiger partial charge in [0, 0.05) is 19.0 Å². The third-order valence-electron chi connectivity index (χ3n) is 6.27. The number of nitrogens with zero attached hydrogens (tertiary/aromatic N) is 2. The molecule has 0 spiro atoms. The fourth-order valence-corrected chi connectivity index (χ4v) is 5.68. The summed E-state index contributed by atoms with van der Waals surface area (Å²) in [6.07, 6.45) is -1.75. The number of benzene rings is 1. The van der Waals surface area contributed by atoms with Gasteiger partial charge in [0.25, 0.3) is 0 Å². The summed E-state index contributed by atoms with van der Waals surface area (Å²) in [5, 5.41) is 3.09. The molecular formula is C23H24F5N3OS. The topological polar surface area (TPSA) is 45.2 Å². The van der Waals surface area contributed by atoms with E-state index in [9.17, 15) is 26.7 Å². The number of fused-ring (bicyclic) bond motifs is 1. The minimum atomic E-state index is -4.68. The first-order valence-corrected chi connectivity index (χ1v) is 11.9. The van der Waals surface area contributed by atoms with E-state index in [-0.39, 0.29) is 24.6 Å². The molecule has 2 aliphatic rings. The Hall–Kier alpha value is -2.36. The zero-order chi connectivity index (χ0) is 23.8. The maximum Gasteiger partial charge on any atom is 0.414 e.